The fourth-order valence-corrected chi connectivity index (χ4v) is 1.34. The Morgan fingerprint density at radius 1 is 1.29 bits per heavy atom. The normalized spacial score (nSPS) is 12.1. The molecule has 4 N–H and O–H groups in total. The molecule has 1 aromatic carbocycles. The Kier molecular flexibility index (Phi) is 3.98. The van der Waals surface area contributed by atoms with Crippen LogP contribution in [0.25, 0.3) is 0 Å². The Hall–Kier alpha value is -1.51. The van der Waals surface area contributed by atoms with Crippen LogP contribution in [0.3, 0.4) is 0 Å². The zero-order chi connectivity index (χ0) is 10.4. The fraction of sp³-hybridized carbons (Fsp3) is 0.364. The van der Waals surface area contributed by atoms with Crippen molar-refractivity contribution in [3.05, 3.63) is 35.9 Å². The number of benzene rings is 1. The van der Waals surface area contributed by atoms with Gasteiger partial charge in [-0.2, -0.15) is 0 Å². The summed E-state index contributed by atoms with van der Waals surface area (Å²) in [5.74, 6) is 0.172. The number of aliphatic imine (C=N–C) groups is 1. The molecule has 0 aliphatic heterocycles. The molecule has 0 fully saturated rings. The van der Waals surface area contributed by atoms with Crippen LogP contribution in [-0.2, 0) is 6.42 Å². The third kappa shape index (κ3) is 3.94. The van der Waals surface area contributed by atoms with Gasteiger partial charge in [0.2, 0.25) is 0 Å². The first kappa shape index (κ1) is 10.6. The number of guanidine groups is 1. The molecule has 0 aliphatic carbocycles. The van der Waals surface area contributed by atoms with E-state index in [0.29, 0.717) is 0 Å². The highest BCUT2D eigenvalue weighted by Crippen LogP contribution is 2.06. The lowest BCUT2D eigenvalue weighted by Crippen LogP contribution is -2.24. The molecule has 0 aromatic heterocycles. The number of nitrogens with two attached hydrogens (primary N) is 2. The second kappa shape index (κ2) is 5.27. The lowest BCUT2D eigenvalue weighted by molar-refractivity contribution is 0.667. The fourth-order valence-electron chi connectivity index (χ4n) is 1.34. The van der Waals surface area contributed by atoms with Crippen LogP contribution < -0.4 is 11.5 Å². The van der Waals surface area contributed by atoms with E-state index < -0.39 is 0 Å². The van der Waals surface area contributed by atoms with Crippen LogP contribution in [-0.4, -0.2) is 12.0 Å². The third-order valence-electron chi connectivity index (χ3n) is 2.06. The van der Waals surface area contributed by atoms with Gasteiger partial charge in [0.1, 0.15) is 0 Å². The molecule has 1 unspecified atom stereocenters. The highest BCUT2D eigenvalue weighted by atomic mass is 15.0. The van der Waals surface area contributed by atoms with E-state index in [9.17, 15) is 0 Å². The van der Waals surface area contributed by atoms with Crippen molar-refractivity contribution in [1.29, 1.82) is 0 Å². The van der Waals surface area contributed by atoms with Crippen LogP contribution in [0.2, 0.25) is 0 Å². The standard InChI is InChI=1S/C11H17N3/c1-9(14-11(12)13)7-8-10-5-3-2-4-6-10/h2-6,9H,7-8H2,1H3,(H4,12,13,14). The average Bonchev–Trinajstić information content (AvgIpc) is 2.15. The SMILES string of the molecule is CC(CCc1ccccc1)N=C(N)N. The third-order valence-corrected chi connectivity index (χ3v) is 2.06. The average molecular weight is 191 g/mol. The van der Waals surface area contributed by atoms with Gasteiger partial charge < -0.3 is 11.5 Å². The van der Waals surface area contributed by atoms with Crippen molar-refractivity contribution in [2.24, 2.45) is 16.5 Å². The van der Waals surface area contributed by atoms with E-state index in [1.54, 1.807) is 0 Å². The second-order valence-corrected chi connectivity index (χ2v) is 3.43. The molecule has 14 heavy (non-hydrogen) atoms. The summed E-state index contributed by atoms with van der Waals surface area (Å²) in [7, 11) is 0. The van der Waals surface area contributed by atoms with E-state index in [-0.39, 0.29) is 12.0 Å². The lowest BCUT2D eigenvalue weighted by atomic mass is 10.1. The Bertz CT molecular complexity index is 289. The predicted molar refractivity (Wildman–Crippen MR) is 60.0 cm³/mol. The van der Waals surface area contributed by atoms with Crippen LogP contribution in [0.1, 0.15) is 18.9 Å². The summed E-state index contributed by atoms with van der Waals surface area (Å²) in [6.45, 7) is 2.02. The van der Waals surface area contributed by atoms with Crippen molar-refractivity contribution < 1.29 is 0 Å². The highest BCUT2D eigenvalue weighted by Gasteiger charge is 2.00. The van der Waals surface area contributed by atoms with E-state index in [4.69, 9.17) is 11.5 Å². The number of aryl methyl sites for hydroxylation is 1. The Morgan fingerprint density at radius 2 is 1.93 bits per heavy atom. The second-order valence-electron chi connectivity index (χ2n) is 3.43. The quantitative estimate of drug-likeness (QED) is 0.556. The predicted octanol–water partition coefficient (Wildman–Crippen LogP) is 1.28. The number of nitrogens with zero attached hydrogens (tertiary/aromatic N) is 1. The van der Waals surface area contributed by atoms with Crippen molar-refractivity contribution in [3.63, 3.8) is 0 Å². The number of hydrogen-bond donors (Lipinski definition) is 2. The highest BCUT2D eigenvalue weighted by molar-refractivity contribution is 5.75. The van der Waals surface area contributed by atoms with Gasteiger partial charge in [-0.3, -0.25) is 4.99 Å². The summed E-state index contributed by atoms with van der Waals surface area (Å²) in [6, 6.07) is 10.5. The first-order valence-electron chi connectivity index (χ1n) is 4.81. The van der Waals surface area contributed by atoms with Gasteiger partial charge in [-0.25, -0.2) is 0 Å². The van der Waals surface area contributed by atoms with Crippen LogP contribution in [0.5, 0.6) is 0 Å². The molecule has 0 bridgehead atoms. The molecule has 0 saturated heterocycles. The molecule has 3 heteroatoms. The molecule has 0 saturated carbocycles. The van der Waals surface area contributed by atoms with Crippen molar-refractivity contribution in [2.45, 2.75) is 25.8 Å². The van der Waals surface area contributed by atoms with Crippen molar-refractivity contribution in [1.82, 2.24) is 0 Å². The van der Waals surface area contributed by atoms with Crippen LogP contribution in [0, 0.1) is 0 Å². The molecule has 1 rings (SSSR count). The maximum atomic E-state index is 5.29. The largest absolute Gasteiger partial charge is 0.370 e. The van der Waals surface area contributed by atoms with Gasteiger partial charge in [-0.15, -0.1) is 0 Å². The molecule has 0 heterocycles. The van der Waals surface area contributed by atoms with Crippen molar-refractivity contribution >= 4 is 5.96 Å². The van der Waals surface area contributed by atoms with E-state index in [2.05, 4.69) is 17.1 Å². The van der Waals surface area contributed by atoms with Gasteiger partial charge in [0.15, 0.2) is 5.96 Å². The molecular formula is C11H17N3. The molecule has 0 aliphatic rings. The molecule has 76 valence electrons. The number of rotatable bonds is 4. The minimum Gasteiger partial charge on any atom is -0.370 e. The van der Waals surface area contributed by atoms with Crippen molar-refractivity contribution in [3.8, 4) is 0 Å². The first-order chi connectivity index (χ1) is 6.68. The molecule has 1 aromatic rings. The van der Waals surface area contributed by atoms with E-state index in [0.717, 1.165) is 12.8 Å². The minimum absolute atomic E-state index is 0.172. The Labute approximate surface area is 84.8 Å². The maximum Gasteiger partial charge on any atom is 0.186 e. The van der Waals surface area contributed by atoms with Gasteiger partial charge in [-0.1, -0.05) is 30.3 Å². The molecule has 0 radical (unpaired) electrons. The topological polar surface area (TPSA) is 64.4 Å². The first-order valence-corrected chi connectivity index (χ1v) is 4.81. The summed E-state index contributed by atoms with van der Waals surface area (Å²) in [4.78, 5) is 4.06. The molecule has 0 spiro atoms. The van der Waals surface area contributed by atoms with Gasteiger partial charge in [0.05, 0.1) is 6.04 Å². The summed E-state index contributed by atoms with van der Waals surface area (Å²) >= 11 is 0. The van der Waals surface area contributed by atoms with Gasteiger partial charge >= 0.3 is 0 Å². The molecule has 0 amide bonds. The Morgan fingerprint density at radius 3 is 2.50 bits per heavy atom. The summed E-state index contributed by atoms with van der Waals surface area (Å²) in [6.07, 6.45) is 1.99. The van der Waals surface area contributed by atoms with Gasteiger partial charge in [0, 0.05) is 0 Å². The van der Waals surface area contributed by atoms with E-state index >= 15 is 0 Å². The minimum atomic E-state index is 0.172. The van der Waals surface area contributed by atoms with Gasteiger partial charge in [-0.05, 0) is 25.3 Å². The van der Waals surface area contributed by atoms with Crippen LogP contribution >= 0.6 is 0 Å². The summed E-state index contributed by atoms with van der Waals surface area (Å²) in [5, 5.41) is 0. The smallest absolute Gasteiger partial charge is 0.186 e. The molecular weight excluding hydrogens is 174 g/mol. The summed E-state index contributed by atoms with van der Waals surface area (Å²) < 4.78 is 0. The molecule has 3 nitrogen and oxygen atoms in total. The zero-order valence-corrected chi connectivity index (χ0v) is 8.48. The van der Waals surface area contributed by atoms with Crippen molar-refractivity contribution in [2.75, 3.05) is 0 Å². The van der Waals surface area contributed by atoms with Crippen LogP contribution in [0.15, 0.2) is 35.3 Å². The van der Waals surface area contributed by atoms with Gasteiger partial charge in [0.25, 0.3) is 0 Å². The Balaban J connectivity index is 2.38. The lowest BCUT2D eigenvalue weighted by Gasteiger charge is -2.06. The van der Waals surface area contributed by atoms with E-state index in [1.807, 2.05) is 25.1 Å². The van der Waals surface area contributed by atoms with E-state index in [1.165, 1.54) is 5.56 Å². The number of hydrogen-bond acceptors (Lipinski definition) is 1. The zero-order valence-electron chi connectivity index (χ0n) is 8.48. The summed E-state index contributed by atoms with van der Waals surface area (Å²) in [5.41, 5.74) is 11.9. The molecule has 1 atom stereocenters. The van der Waals surface area contributed by atoms with Crippen LogP contribution in [0.4, 0.5) is 0 Å². The maximum absolute atomic E-state index is 5.29. The monoisotopic (exact) mass is 191 g/mol.